The maximum absolute atomic E-state index is 12.6. The van der Waals surface area contributed by atoms with Crippen LogP contribution in [0.5, 0.6) is 0 Å². The first-order valence-corrected chi connectivity index (χ1v) is 10.1. The number of rotatable bonds is 5. The molecule has 0 radical (unpaired) electrons. The van der Waals surface area contributed by atoms with Crippen LogP contribution in [0.15, 0.2) is 29.9 Å². The van der Waals surface area contributed by atoms with Gasteiger partial charge in [0.05, 0.1) is 5.92 Å². The molecule has 2 aliphatic rings. The molecular weight excluding hydrogens is 346 g/mol. The van der Waals surface area contributed by atoms with Gasteiger partial charge in [0, 0.05) is 43.3 Å². The highest BCUT2D eigenvalue weighted by molar-refractivity contribution is 7.10. The summed E-state index contributed by atoms with van der Waals surface area (Å²) in [7, 11) is 0. The van der Waals surface area contributed by atoms with Crippen molar-refractivity contribution in [3.63, 3.8) is 0 Å². The van der Waals surface area contributed by atoms with E-state index in [1.165, 1.54) is 35.3 Å². The summed E-state index contributed by atoms with van der Waals surface area (Å²) in [6, 6.07) is 3.81. The fraction of sp³-hybridized carbons (Fsp3) is 0.450. The summed E-state index contributed by atoms with van der Waals surface area (Å²) in [5.41, 5.74) is 3.70. The van der Waals surface area contributed by atoms with E-state index in [0.29, 0.717) is 26.1 Å². The van der Waals surface area contributed by atoms with E-state index in [1.54, 1.807) is 17.3 Å². The van der Waals surface area contributed by atoms with Crippen LogP contribution in [0.2, 0.25) is 0 Å². The van der Waals surface area contributed by atoms with Crippen molar-refractivity contribution in [2.75, 3.05) is 6.54 Å². The molecule has 1 saturated heterocycles. The van der Waals surface area contributed by atoms with Crippen molar-refractivity contribution >= 4 is 23.2 Å². The summed E-state index contributed by atoms with van der Waals surface area (Å²) in [6.45, 7) is 1.59. The van der Waals surface area contributed by atoms with Crippen LogP contribution in [0.25, 0.3) is 0 Å². The minimum atomic E-state index is -0.256. The molecule has 26 heavy (non-hydrogen) atoms. The van der Waals surface area contributed by atoms with Gasteiger partial charge in [0.1, 0.15) is 0 Å². The summed E-state index contributed by atoms with van der Waals surface area (Å²) in [5, 5.41) is 5.24. The topological polar surface area (TPSA) is 62.3 Å². The van der Waals surface area contributed by atoms with Gasteiger partial charge in [0.2, 0.25) is 11.8 Å². The lowest BCUT2D eigenvalue weighted by molar-refractivity contribution is -0.129. The number of nitrogens with zero attached hydrogens (tertiary/aromatic N) is 2. The van der Waals surface area contributed by atoms with E-state index in [1.807, 2.05) is 23.5 Å². The molecular formula is C20H23N3O2S. The fourth-order valence-corrected chi connectivity index (χ4v) is 5.00. The number of fused-ring (bicyclic) bond motifs is 1. The molecule has 2 amide bonds. The minimum Gasteiger partial charge on any atom is -0.352 e. The Morgan fingerprint density at radius 2 is 2.23 bits per heavy atom. The number of carbonyl (C=O) groups excluding carboxylic acids is 2. The minimum absolute atomic E-state index is 0.0113. The largest absolute Gasteiger partial charge is 0.352 e. The molecule has 136 valence electrons. The monoisotopic (exact) mass is 369 g/mol. The van der Waals surface area contributed by atoms with Gasteiger partial charge in [-0.05, 0) is 53.8 Å². The number of thiophene rings is 1. The lowest BCUT2D eigenvalue weighted by Gasteiger charge is -2.17. The van der Waals surface area contributed by atoms with E-state index < -0.39 is 0 Å². The first-order chi connectivity index (χ1) is 12.7. The Labute approximate surface area is 157 Å². The van der Waals surface area contributed by atoms with Crippen molar-refractivity contribution in [1.82, 2.24) is 15.2 Å². The van der Waals surface area contributed by atoms with Crippen LogP contribution in [-0.4, -0.2) is 28.2 Å². The molecule has 1 N–H and O–H groups in total. The van der Waals surface area contributed by atoms with Crippen LogP contribution >= 0.6 is 11.3 Å². The second kappa shape index (κ2) is 7.58. The van der Waals surface area contributed by atoms with E-state index >= 15 is 0 Å². The average molecular weight is 369 g/mol. The molecule has 1 aliphatic heterocycles. The zero-order valence-corrected chi connectivity index (χ0v) is 15.6. The summed E-state index contributed by atoms with van der Waals surface area (Å²) < 4.78 is 0. The fourth-order valence-electron chi connectivity index (χ4n) is 3.85. The van der Waals surface area contributed by atoms with Crippen molar-refractivity contribution in [1.29, 1.82) is 0 Å². The van der Waals surface area contributed by atoms with Crippen LogP contribution in [0.4, 0.5) is 0 Å². The first-order valence-electron chi connectivity index (χ1n) is 9.23. The predicted molar refractivity (Wildman–Crippen MR) is 101 cm³/mol. The molecule has 0 saturated carbocycles. The first kappa shape index (κ1) is 17.2. The van der Waals surface area contributed by atoms with E-state index in [4.69, 9.17) is 0 Å². The molecule has 1 fully saturated rings. The Hall–Kier alpha value is -2.21. The Morgan fingerprint density at radius 1 is 1.35 bits per heavy atom. The van der Waals surface area contributed by atoms with Crippen molar-refractivity contribution in [3.8, 4) is 0 Å². The zero-order valence-electron chi connectivity index (χ0n) is 14.7. The average Bonchev–Trinajstić information content (AvgIpc) is 3.24. The molecule has 2 aromatic rings. The van der Waals surface area contributed by atoms with Crippen molar-refractivity contribution in [3.05, 3.63) is 51.5 Å². The zero-order chi connectivity index (χ0) is 17.9. The number of likely N-dealkylation sites (tertiary alicyclic amines) is 1. The van der Waals surface area contributed by atoms with Gasteiger partial charge in [-0.1, -0.05) is 6.07 Å². The molecule has 0 aromatic carbocycles. The third kappa shape index (κ3) is 3.65. The Kier molecular flexibility index (Phi) is 5.02. The molecule has 0 spiro atoms. The predicted octanol–water partition coefficient (Wildman–Crippen LogP) is 2.69. The number of hydrogen-bond acceptors (Lipinski definition) is 4. The van der Waals surface area contributed by atoms with Gasteiger partial charge in [-0.25, -0.2) is 0 Å². The van der Waals surface area contributed by atoms with Gasteiger partial charge in [0.25, 0.3) is 0 Å². The smallest absolute Gasteiger partial charge is 0.225 e. The maximum atomic E-state index is 12.6. The van der Waals surface area contributed by atoms with Gasteiger partial charge in [-0.2, -0.15) is 0 Å². The number of nitrogens with one attached hydrogen (secondary N) is 1. The number of aromatic nitrogens is 1. The molecule has 0 unspecified atom stereocenters. The van der Waals surface area contributed by atoms with Crippen LogP contribution < -0.4 is 5.32 Å². The van der Waals surface area contributed by atoms with Crippen LogP contribution in [-0.2, 0) is 35.5 Å². The normalized spacial score (nSPS) is 19.5. The number of pyridine rings is 1. The van der Waals surface area contributed by atoms with Gasteiger partial charge < -0.3 is 10.2 Å². The van der Waals surface area contributed by atoms with Gasteiger partial charge in [-0.3, -0.25) is 14.6 Å². The second-order valence-electron chi connectivity index (χ2n) is 7.12. The van der Waals surface area contributed by atoms with E-state index in [0.717, 1.165) is 12.0 Å². The summed E-state index contributed by atoms with van der Waals surface area (Å²) >= 11 is 1.82. The maximum Gasteiger partial charge on any atom is 0.225 e. The Balaban J connectivity index is 1.33. The van der Waals surface area contributed by atoms with E-state index in [9.17, 15) is 9.59 Å². The quantitative estimate of drug-likeness (QED) is 0.881. The molecule has 6 heteroatoms. The summed E-state index contributed by atoms with van der Waals surface area (Å²) in [5.74, 6) is -0.224. The molecule has 4 rings (SSSR count). The highest BCUT2D eigenvalue weighted by atomic mass is 32.1. The van der Waals surface area contributed by atoms with Crippen LogP contribution in [0.1, 0.15) is 40.8 Å². The summed E-state index contributed by atoms with van der Waals surface area (Å²) in [4.78, 5) is 32.1. The number of hydrogen-bond donors (Lipinski definition) is 1. The van der Waals surface area contributed by atoms with E-state index in [-0.39, 0.29) is 17.7 Å². The molecule has 0 bridgehead atoms. The summed E-state index contributed by atoms with van der Waals surface area (Å²) in [6.07, 6.45) is 8.60. The molecule has 1 atom stereocenters. The highest BCUT2D eigenvalue weighted by Gasteiger charge is 2.34. The molecule has 2 aromatic heterocycles. The van der Waals surface area contributed by atoms with Crippen molar-refractivity contribution in [2.24, 2.45) is 5.92 Å². The molecule has 1 aliphatic carbocycles. The van der Waals surface area contributed by atoms with Gasteiger partial charge >= 0.3 is 0 Å². The third-order valence-electron chi connectivity index (χ3n) is 5.28. The standard InChI is InChI=1S/C20H23N3O2S/c24-19-8-15(12-23(19)11-14-4-3-7-21-9-14)20(25)22-10-16-13-26-18-6-2-1-5-17(16)18/h3-4,7,9,13,15H,1-2,5-6,8,10-12H2,(H,22,25)/t15-/m0/s1. The van der Waals surface area contributed by atoms with Gasteiger partial charge in [0.15, 0.2) is 0 Å². The lowest BCUT2D eigenvalue weighted by Crippen LogP contribution is -2.32. The third-order valence-corrected chi connectivity index (χ3v) is 6.42. The Morgan fingerprint density at radius 3 is 3.08 bits per heavy atom. The number of amides is 2. The highest BCUT2D eigenvalue weighted by Crippen LogP contribution is 2.30. The van der Waals surface area contributed by atoms with Crippen molar-refractivity contribution in [2.45, 2.75) is 45.2 Å². The Bertz CT molecular complexity index is 803. The number of carbonyl (C=O) groups is 2. The van der Waals surface area contributed by atoms with Crippen molar-refractivity contribution < 1.29 is 9.59 Å². The van der Waals surface area contributed by atoms with Crippen LogP contribution in [0.3, 0.4) is 0 Å². The molecule has 5 nitrogen and oxygen atoms in total. The van der Waals surface area contributed by atoms with Gasteiger partial charge in [-0.15, -0.1) is 11.3 Å². The van der Waals surface area contributed by atoms with Crippen LogP contribution in [0, 0.1) is 5.92 Å². The number of aryl methyl sites for hydroxylation is 1. The SMILES string of the molecule is O=C(NCc1csc2c1CCCC2)[C@H]1CC(=O)N(Cc2cccnc2)C1. The van der Waals surface area contributed by atoms with E-state index in [2.05, 4.69) is 15.7 Å². The second-order valence-corrected chi connectivity index (χ2v) is 8.09. The lowest BCUT2D eigenvalue weighted by atomic mass is 9.96. The molecule has 3 heterocycles.